The van der Waals surface area contributed by atoms with Crippen LogP contribution in [0.1, 0.15) is 12.0 Å². The van der Waals surface area contributed by atoms with E-state index in [4.69, 9.17) is 9.47 Å². The number of nitrogens with zero attached hydrogens (tertiary/aromatic N) is 1. The molecule has 0 aliphatic carbocycles. The minimum Gasteiger partial charge on any atom is -0.497 e. The Morgan fingerprint density at radius 1 is 1.19 bits per heavy atom. The second kappa shape index (κ2) is 8.00. The normalized spacial score (nSPS) is 16.4. The smallest absolute Gasteiger partial charge is 0.229 e. The lowest BCUT2D eigenvalue weighted by Crippen LogP contribution is -2.28. The number of ether oxygens (including phenoxy) is 2. The van der Waals surface area contributed by atoms with E-state index >= 15 is 0 Å². The highest BCUT2D eigenvalue weighted by atomic mass is 79.9. The van der Waals surface area contributed by atoms with E-state index in [2.05, 4.69) is 21.2 Å². The predicted molar refractivity (Wildman–Crippen MR) is 108 cm³/mol. The molecule has 0 spiro atoms. The number of hydrogen-bond donors (Lipinski definition) is 1. The van der Waals surface area contributed by atoms with Crippen LogP contribution < -0.4 is 19.7 Å². The number of aryl methyl sites for hydroxylation is 1. The Balaban J connectivity index is 1.75. The summed E-state index contributed by atoms with van der Waals surface area (Å²) in [7, 11) is 3.11. The van der Waals surface area contributed by atoms with Crippen molar-refractivity contribution in [1.29, 1.82) is 0 Å². The highest BCUT2D eigenvalue weighted by molar-refractivity contribution is 9.10. The van der Waals surface area contributed by atoms with Gasteiger partial charge in [0.05, 0.1) is 25.8 Å². The molecule has 0 aromatic heterocycles. The van der Waals surface area contributed by atoms with Gasteiger partial charge >= 0.3 is 0 Å². The first-order valence-electron chi connectivity index (χ1n) is 8.52. The molecule has 142 valence electrons. The SMILES string of the molecule is COc1ccc(N2CC(C(=O)Nc3ccc(Br)c(C)c3)CC2=O)c(OC)c1. The highest BCUT2D eigenvalue weighted by Crippen LogP contribution is 2.36. The van der Waals surface area contributed by atoms with Crippen molar-refractivity contribution in [2.75, 3.05) is 31.0 Å². The van der Waals surface area contributed by atoms with Gasteiger partial charge in [-0.2, -0.15) is 0 Å². The zero-order chi connectivity index (χ0) is 19.6. The summed E-state index contributed by atoms with van der Waals surface area (Å²) in [6.45, 7) is 2.26. The van der Waals surface area contributed by atoms with E-state index in [1.54, 1.807) is 37.3 Å². The Morgan fingerprint density at radius 3 is 2.63 bits per heavy atom. The summed E-state index contributed by atoms with van der Waals surface area (Å²) in [6, 6.07) is 10.9. The van der Waals surface area contributed by atoms with Crippen molar-refractivity contribution in [2.45, 2.75) is 13.3 Å². The van der Waals surface area contributed by atoms with E-state index in [9.17, 15) is 9.59 Å². The third-order valence-corrected chi connectivity index (χ3v) is 5.49. The second-order valence-electron chi connectivity index (χ2n) is 6.40. The van der Waals surface area contributed by atoms with Gasteiger partial charge in [-0.1, -0.05) is 15.9 Å². The van der Waals surface area contributed by atoms with Crippen molar-refractivity contribution < 1.29 is 19.1 Å². The Hall–Kier alpha value is -2.54. The third kappa shape index (κ3) is 4.08. The van der Waals surface area contributed by atoms with Crippen LogP contribution in [-0.4, -0.2) is 32.6 Å². The van der Waals surface area contributed by atoms with Gasteiger partial charge in [0.15, 0.2) is 0 Å². The van der Waals surface area contributed by atoms with Crippen LogP contribution in [0.2, 0.25) is 0 Å². The summed E-state index contributed by atoms with van der Waals surface area (Å²) in [6.07, 6.45) is 0.163. The highest BCUT2D eigenvalue weighted by Gasteiger charge is 2.36. The lowest BCUT2D eigenvalue weighted by Gasteiger charge is -2.20. The summed E-state index contributed by atoms with van der Waals surface area (Å²) in [5, 5.41) is 2.90. The fourth-order valence-electron chi connectivity index (χ4n) is 3.09. The molecule has 1 N–H and O–H groups in total. The van der Waals surface area contributed by atoms with Crippen molar-refractivity contribution in [3.05, 3.63) is 46.4 Å². The maximum Gasteiger partial charge on any atom is 0.229 e. The molecule has 2 aromatic rings. The minimum atomic E-state index is -0.423. The van der Waals surface area contributed by atoms with Gasteiger partial charge in [0.25, 0.3) is 0 Å². The Bertz CT molecular complexity index is 884. The predicted octanol–water partition coefficient (Wildman–Crippen LogP) is 3.77. The molecule has 3 rings (SSSR count). The van der Waals surface area contributed by atoms with Crippen LogP contribution >= 0.6 is 15.9 Å². The number of carbonyl (C=O) groups excluding carboxylic acids is 2. The molecule has 1 unspecified atom stereocenters. The topological polar surface area (TPSA) is 67.9 Å². The van der Waals surface area contributed by atoms with Gasteiger partial charge in [0.1, 0.15) is 11.5 Å². The number of hydrogen-bond acceptors (Lipinski definition) is 4. The quantitative estimate of drug-likeness (QED) is 0.780. The van der Waals surface area contributed by atoms with E-state index in [0.717, 1.165) is 10.0 Å². The average Bonchev–Trinajstić information content (AvgIpc) is 3.05. The number of anilines is 2. The van der Waals surface area contributed by atoms with Gasteiger partial charge in [-0.05, 0) is 42.8 Å². The molecule has 0 bridgehead atoms. The van der Waals surface area contributed by atoms with E-state index in [0.29, 0.717) is 29.4 Å². The third-order valence-electron chi connectivity index (χ3n) is 4.60. The lowest BCUT2D eigenvalue weighted by atomic mass is 10.1. The molecule has 1 aliphatic rings. The molecule has 0 saturated carbocycles. The molecule has 1 saturated heterocycles. The summed E-state index contributed by atoms with van der Waals surface area (Å²) < 4.78 is 11.6. The number of benzene rings is 2. The molecular formula is C20H21BrN2O4. The number of methoxy groups -OCH3 is 2. The molecule has 1 fully saturated rings. The van der Waals surface area contributed by atoms with Crippen LogP contribution in [0.15, 0.2) is 40.9 Å². The van der Waals surface area contributed by atoms with E-state index in [1.165, 1.54) is 0 Å². The fraction of sp³-hybridized carbons (Fsp3) is 0.300. The molecule has 2 amide bonds. The summed E-state index contributed by atoms with van der Waals surface area (Å²) in [5.74, 6) is 0.480. The van der Waals surface area contributed by atoms with Crippen molar-refractivity contribution in [2.24, 2.45) is 5.92 Å². The maximum absolute atomic E-state index is 12.6. The Kier molecular flexibility index (Phi) is 5.70. The zero-order valence-corrected chi connectivity index (χ0v) is 17.0. The Labute approximate surface area is 166 Å². The van der Waals surface area contributed by atoms with Gasteiger partial charge in [-0.3, -0.25) is 9.59 Å². The lowest BCUT2D eigenvalue weighted by molar-refractivity contribution is -0.122. The number of amides is 2. The summed E-state index contributed by atoms with van der Waals surface area (Å²) in [5.41, 5.74) is 2.38. The van der Waals surface area contributed by atoms with Crippen LogP contribution in [0, 0.1) is 12.8 Å². The molecular weight excluding hydrogens is 412 g/mol. The number of nitrogens with one attached hydrogen (secondary N) is 1. The zero-order valence-electron chi connectivity index (χ0n) is 15.4. The monoisotopic (exact) mass is 432 g/mol. The van der Waals surface area contributed by atoms with E-state index in [-0.39, 0.29) is 18.2 Å². The number of rotatable bonds is 5. The molecule has 1 heterocycles. The van der Waals surface area contributed by atoms with Gasteiger partial charge in [-0.25, -0.2) is 0 Å². The van der Waals surface area contributed by atoms with Gasteiger partial charge in [-0.15, -0.1) is 0 Å². The van der Waals surface area contributed by atoms with Gasteiger partial charge in [0.2, 0.25) is 11.8 Å². The van der Waals surface area contributed by atoms with E-state index < -0.39 is 5.92 Å². The summed E-state index contributed by atoms with van der Waals surface area (Å²) >= 11 is 3.44. The van der Waals surface area contributed by atoms with Crippen LogP contribution in [0.3, 0.4) is 0 Å². The number of carbonyl (C=O) groups is 2. The molecule has 2 aromatic carbocycles. The van der Waals surface area contributed by atoms with Crippen LogP contribution in [0.4, 0.5) is 11.4 Å². The largest absolute Gasteiger partial charge is 0.497 e. The molecule has 1 atom stereocenters. The first-order valence-corrected chi connectivity index (χ1v) is 9.31. The Morgan fingerprint density at radius 2 is 1.96 bits per heavy atom. The van der Waals surface area contributed by atoms with E-state index in [1.807, 2.05) is 25.1 Å². The molecule has 6 nitrogen and oxygen atoms in total. The minimum absolute atomic E-state index is 0.106. The first-order chi connectivity index (χ1) is 12.9. The van der Waals surface area contributed by atoms with Crippen molar-refractivity contribution in [1.82, 2.24) is 0 Å². The van der Waals surface area contributed by atoms with Crippen molar-refractivity contribution in [3.8, 4) is 11.5 Å². The number of halogens is 1. The van der Waals surface area contributed by atoms with Crippen molar-refractivity contribution >= 4 is 39.1 Å². The van der Waals surface area contributed by atoms with Gasteiger partial charge < -0.3 is 19.7 Å². The van der Waals surface area contributed by atoms with Crippen LogP contribution in [0.5, 0.6) is 11.5 Å². The van der Waals surface area contributed by atoms with Crippen LogP contribution in [0.25, 0.3) is 0 Å². The van der Waals surface area contributed by atoms with Gasteiger partial charge in [0, 0.05) is 29.2 Å². The molecule has 7 heteroatoms. The maximum atomic E-state index is 12.6. The summed E-state index contributed by atoms with van der Waals surface area (Å²) in [4.78, 5) is 26.7. The molecule has 0 radical (unpaired) electrons. The van der Waals surface area contributed by atoms with Crippen molar-refractivity contribution in [3.63, 3.8) is 0 Å². The fourth-order valence-corrected chi connectivity index (χ4v) is 3.34. The van der Waals surface area contributed by atoms with Crippen LogP contribution in [-0.2, 0) is 9.59 Å². The second-order valence-corrected chi connectivity index (χ2v) is 7.25. The molecule has 27 heavy (non-hydrogen) atoms. The molecule has 1 aliphatic heterocycles. The first kappa shape index (κ1) is 19.2. The standard InChI is InChI=1S/C20H21BrN2O4/c1-12-8-14(4-6-16(12)21)22-20(25)13-9-19(24)23(11-13)17-7-5-15(26-2)10-18(17)27-3/h4-8,10,13H,9,11H2,1-3H3,(H,22,25). The average molecular weight is 433 g/mol.